The molecule has 0 aliphatic heterocycles. The molecule has 0 heterocycles. The van der Waals surface area contributed by atoms with E-state index in [9.17, 15) is 0 Å². The van der Waals surface area contributed by atoms with Gasteiger partial charge in [0.15, 0.2) is 0 Å². The summed E-state index contributed by atoms with van der Waals surface area (Å²) in [5.41, 5.74) is 2.44. The maximum absolute atomic E-state index is 6.02. The lowest BCUT2D eigenvalue weighted by molar-refractivity contribution is 0.317. The van der Waals surface area contributed by atoms with Crippen LogP contribution in [-0.4, -0.2) is 6.61 Å². The fourth-order valence-electron chi connectivity index (χ4n) is 2.09. The van der Waals surface area contributed by atoms with Crippen molar-refractivity contribution in [3.05, 3.63) is 64.7 Å². The third kappa shape index (κ3) is 5.07. The Hall–Kier alpha value is -1.51. The summed E-state index contributed by atoms with van der Waals surface area (Å²) in [7, 11) is 0. The van der Waals surface area contributed by atoms with Gasteiger partial charge < -0.3 is 10.1 Å². The lowest BCUT2D eigenvalue weighted by Gasteiger charge is -2.15. The molecule has 2 nitrogen and oxygen atoms in total. The zero-order valence-corrected chi connectivity index (χ0v) is 13.4. The van der Waals surface area contributed by atoms with Gasteiger partial charge in [0.1, 0.15) is 5.75 Å². The number of hydrogen-bond donors (Lipinski definition) is 1. The van der Waals surface area contributed by atoms with Crippen LogP contribution in [0.1, 0.15) is 37.4 Å². The van der Waals surface area contributed by atoms with Crippen molar-refractivity contribution in [1.82, 2.24) is 5.32 Å². The first-order valence-electron chi connectivity index (χ1n) is 7.39. The molecule has 2 rings (SSSR count). The minimum Gasteiger partial charge on any atom is -0.494 e. The SMILES string of the molecule is CCCOc1ccc(CNC(C)c2cccc(Cl)c2)cc1. The molecule has 0 aromatic heterocycles. The molecule has 0 fully saturated rings. The molecule has 0 saturated carbocycles. The maximum Gasteiger partial charge on any atom is 0.119 e. The Bertz CT molecular complexity index is 553. The summed E-state index contributed by atoms with van der Waals surface area (Å²) in [6.07, 6.45) is 1.03. The van der Waals surface area contributed by atoms with Gasteiger partial charge in [-0.1, -0.05) is 42.8 Å². The van der Waals surface area contributed by atoms with E-state index in [1.807, 2.05) is 30.3 Å². The minimum atomic E-state index is 0.264. The predicted octanol–water partition coefficient (Wildman–Crippen LogP) is 4.98. The van der Waals surface area contributed by atoms with Crippen molar-refractivity contribution in [3.63, 3.8) is 0 Å². The number of ether oxygens (including phenoxy) is 1. The van der Waals surface area contributed by atoms with Gasteiger partial charge in [-0.2, -0.15) is 0 Å². The fraction of sp³-hybridized carbons (Fsp3) is 0.333. The van der Waals surface area contributed by atoms with E-state index in [0.717, 1.165) is 30.3 Å². The van der Waals surface area contributed by atoms with Gasteiger partial charge in [0.05, 0.1) is 6.61 Å². The zero-order chi connectivity index (χ0) is 15.1. The summed E-state index contributed by atoms with van der Waals surface area (Å²) in [6, 6.07) is 16.5. The zero-order valence-electron chi connectivity index (χ0n) is 12.6. The van der Waals surface area contributed by atoms with Gasteiger partial charge >= 0.3 is 0 Å². The van der Waals surface area contributed by atoms with Crippen LogP contribution in [0.4, 0.5) is 0 Å². The van der Waals surface area contributed by atoms with Gasteiger partial charge in [-0.15, -0.1) is 0 Å². The van der Waals surface area contributed by atoms with Crippen molar-refractivity contribution in [2.24, 2.45) is 0 Å². The summed E-state index contributed by atoms with van der Waals surface area (Å²) < 4.78 is 5.58. The lowest BCUT2D eigenvalue weighted by Crippen LogP contribution is -2.17. The highest BCUT2D eigenvalue weighted by atomic mass is 35.5. The molecule has 1 atom stereocenters. The Balaban J connectivity index is 1.87. The van der Waals surface area contributed by atoms with Gasteiger partial charge in [-0.3, -0.25) is 0 Å². The highest BCUT2D eigenvalue weighted by Gasteiger charge is 2.05. The number of hydrogen-bond acceptors (Lipinski definition) is 2. The van der Waals surface area contributed by atoms with Crippen LogP contribution in [0.5, 0.6) is 5.75 Å². The molecule has 3 heteroatoms. The molecule has 0 aliphatic rings. The molecule has 0 amide bonds. The van der Waals surface area contributed by atoms with E-state index in [-0.39, 0.29) is 6.04 Å². The molecular formula is C18H22ClNO. The largest absolute Gasteiger partial charge is 0.494 e. The predicted molar refractivity (Wildman–Crippen MR) is 88.9 cm³/mol. The number of nitrogens with one attached hydrogen (secondary N) is 1. The van der Waals surface area contributed by atoms with Crippen LogP contribution < -0.4 is 10.1 Å². The summed E-state index contributed by atoms with van der Waals surface area (Å²) in [5.74, 6) is 0.934. The molecule has 112 valence electrons. The van der Waals surface area contributed by atoms with Gasteiger partial charge in [0.25, 0.3) is 0 Å². The van der Waals surface area contributed by atoms with Crippen LogP contribution in [0.25, 0.3) is 0 Å². The van der Waals surface area contributed by atoms with Gasteiger partial charge in [-0.25, -0.2) is 0 Å². The topological polar surface area (TPSA) is 21.3 Å². The monoisotopic (exact) mass is 303 g/mol. The smallest absolute Gasteiger partial charge is 0.119 e. The average molecular weight is 304 g/mol. The first kappa shape index (κ1) is 15.9. The fourth-order valence-corrected chi connectivity index (χ4v) is 2.29. The average Bonchev–Trinajstić information content (AvgIpc) is 2.51. The molecule has 2 aromatic carbocycles. The van der Waals surface area contributed by atoms with E-state index >= 15 is 0 Å². The lowest BCUT2D eigenvalue weighted by atomic mass is 10.1. The Labute approximate surface area is 132 Å². The first-order chi connectivity index (χ1) is 10.2. The van der Waals surface area contributed by atoms with E-state index in [1.165, 1.54) is 11.1 Å². The van der Waals surface area contributed by atoms with Crippen molar-refractivity contribution in [3.8, 4) is 5.75 Å². The normalized spacial score (nSPS) is 12.1. The molecule has 0 radical (unpaired) electrons. The first-order valence-corrected chi connectivity index (χ1v) is 7.77. The maximum atomic E-state index is 6.02. The molecule has 0 saturated heterocycles. The van der Waals surface area contributed by atoms with Crippen molar-refractivity contribution < 1.29 is 4.74 Å². The highest BCUT2D eigenvalue weighted by molar-refractivity contribution is 6.30. The van der Waals surface area contributed by atoms with E-state index in [2.05, 4.69) is 37.4 Å². The molecule has 1 N–H and O–H groups in total. The molecule has 21 heavy (non-hydrogen) atoms. The summed E-state index contributed by atoms with van der Waals surface area (Å²) in [6.45, 7) is 5.84. The second-order valence-corrected chi connectivity index (χ2v) is 5.59. The van der Waals surface area contributed by atoms with Gasteiger partial charge in [-0.05, 0) is 48.7 Å². The van der Waals surface area contributed by atoms with E-state index in [0.29, 0.717) is 0 Å². The van der Waals surface area contributed by atoms with Crippen molar-refractivity contribution >= 4 is 11.6 Å². The molecule has 0 spiro atoms. The van der Waals surface area contributed by atoms with Gasteiger partial charge in [0, 0.05) is 17.6 Å². The highest BCUT2D eigenvalue weighted by Crippen LogP contribution is 2.18. The third-order valence-electron chi connectivity index (χ3n) is 3.36. The Morgan fingerprint density at radius 3 is 2.57 bits per heavy atom. The van der Waals surface area contributed by atoms with Crippen LogP contribution in [0.3, 0.4) is 0 Å². The second-order valence-electron chi connectivity index (χ2n) is 5.15. The van der Waals surface area contributed by atoms with Crippen LogP contribution in [0.2, 0.25) is 5.02 Å². The van der Waals surface area contributed by atoms with E-state index in [4.69, 9.17) is 16.3 Å². The summed E-state index contributed by atoms with van der Waals surface area (Å²) >= 11 is 6.02. The summed E-state index contributed by atoms with van der Waals surface area (Å²) in [4.78, 5) is 0. The molecular weight excluding hydrogens is 282 g/mol. The standard InChI is InChI=1S/C18H22ClNO/c1-3-11-21-18-9-7-15(8-10-18)13-20-14(2)16-5-4-6-17(19)12-16/h4-10,12,14,20H,3,11,13H2,1-2H3. The summed E-state index contributed by atoms with van der Waals surface area (Å²) in [5, 5.41) is 4.28. The molecule has 1 unspecified atom stereocenters. The van der Waals surface area contributed by atoms with Crippen LogP contribution >= 0.6 is 11.6 Å². The van der Waals surface area contributed by atoms with Crippen LogP contribution in [0.15, 0.2) is 48.5 Å². The molecule has 0 aliphatic carbocycles. The quantitative estimate of drug-likeness (QED) is 0.779. The van der Waals surface area contributed by atoms with E-state index in [1.54, 1.807) is 0 Å². The Morgan fingerprint density at radius 2 is 1.90 bits per heavy atom. The Morgan fingerprint density at radius 1 is 1.14 bits per heavy atom. The number of benzene rings is 2. The second kappa shape index (κ2) is 8.06. The van der Waals surface area contributed by atoms with Gasteiger partial charge in [0.2, 0.25) is 0 Å². The molecule has 0 bridgehead atoms. The Kier molecular flexibility index (Phi) is 6.09. The van der Waals surface area contributed by atoms with Crippen LogP contribution in [-0.2, 0) is 6.54 Å². The van der Waals surface area contributed by atoms with Crippen LogP contribution in [0, 0.1) is 0 Å². The molecule has 2 aromatic rings. The van der Waals surface area contributed by atoms with Crippen molar-refractivity contribution in [2.45, 2.75) is 32.9 Å². The van der Waals surface area contributed by atoms with Crippen molar-refractivity contribution in [1.29, 1.82) is 0 Å². The third-order valence-corrected chi connectivity index (χ3v) is 3.59. The van der Waals surface area contributed by atoms with E-state index < -0.39 is 0 Å². The number of rotatable bonds is 7. The number of halogens is 1. The van der Waals surface area contributed by atoms with Crippen molar-refractivity contribution in [2.75, 3.05) is 6.61 Å². The minimum absolute atomic E-state index is 0.264.